The van der Waals surface area contributed by atoms with Crippen LogP contribution in [-0.4, -0.2) is 12.6 Å². The van der Waals surface area contributed by atoms with Crippen LogP contribution in [0.1, 0.15) is 38.3 Å². The maximum Gasteiger partial charge on any atom is 0.101 e. The van der Waals surface area contributed by atoms with E-state index in [2.05, 4.69) is 31.7 Å². The van der Waals surface area contributed by atoms with Crippen molar-refractivity contribution < 1.29 is 0 Å². The van der Waals surface area contributed by atoms with E-state index >= 15 is 0 Å². The number of halogens is 1. The Morgan fingerprint density at radius 3 is 2.59 bits per heavy atom. The third kappa shape index (κ3) is 3.38. The van der Waals surface area contributed by atoms with E-state index in [1.165, 1.54) is 0 Å². The fourth-order valence-electron chi connectivity index (χ4n) is 1.90. The largest absolute Gasteiger partial charge is 0.368 e. The van der Waals surface area contributed by atoms with E-state index in [1.54, 1.807) is 0 Å². The molecule has 0 spiro atoms. The lowest BCUT2D eigenvalue weighted by atomic mass is 10.1. The van der Waals surface area contributed by atoms with Crippen LogP contribution in [0, 0.1) is 11.3 Å². The third-order valence-electron chi connectivity index (χ3n) is 2.73. The Labute approximate surface area is 109 Å². The molecule has 0 aromatic heterocycles. The van der Waals surface area contributed by atoms with Crippen LogP contribution in [0.15, 0.2) is 18.2 Å². The summed E-state index contributed by atoms with van der Waals surface area (Å²) < 4.78 is 0. The highest BCUT2D eigenvalue weighted by molar-refractivity contribution is 6.17. The van der Waals surface area contributed by atoms with Gasteiger partial charge in [-0.15, -0.1) is 11.6 Å². The van der Waals surface area contributed by atoms with Crippen molar-refractivity contribution in [2.75, 3.05) is 11.4 Å². The molecule has 0 N–H and O–H groups in total. The Balaban J connectivity index is 3.15. The zero-order chi connectivity index (χ0) is 12.8. The summed E-state index contributed by atoms with van der Waals surface area (Å²) in [6.07, 6.45) is 1.07. The average Bonchev–Trinajstić information content (AvgIpc) is 2.35. The minimum Gasteiger partial charge on any atom is -0.368 e. The molecule has 0 aliphatic rings. The van der Waals surface area contributed by atoms with E-state index in [4.69, 9.17) is 11.6 Å². The Bertz CT molecular complexity index is 407. The Morgan fingerprint density at radius 1 is 1.41 bits per heavy atom. The minimum atomic E-state index is 0.393. The maximum absolute atomic E-state index is 9.22. The lowest BCUT2D eigenvalue weighted by molar-refractivity contribution is 0.670. The first kappa shape index (κ1) is 13.9. The number of hydrogen-bond donors (Lipinski definition) is 0. The van der Waals surface area contributed by atoms with E-state index in [-0.39, 0.29) is 0 Å². The first-order valence-electron chi connectivity index (χ1n) is 5.99. The van der Waals surface area contributed by atoms with Gasteiger partial charge in [-0.2, -0.15) is 5.26 Å². The van der Waals surface area contributed by atoms with Crippen LogP contribution in [0.4, 0.5) is 5.69 Å². The molecule has 0 unspecified atom stereocenters. The van der Waals surface area contributed by atoms with Crippen molar-refractivity contribution in [3.63, 3.8) is 0 Å². The molecule has 0 saturated carbocycles. The topological polar surface area (TPSA) is 27.0 Å². The summed E-state index contributed by atoms with van der Waals surface area (Å²) >= 11 is 5.79. The molecule has 0 saturated heterocycles. The van der Waals surface area contributed by atoms with Crippen molar-refractivity contribution in [1.29, 1.82) is 5.26 Å². The second-order valence-corrected chi connectivity index (χ2v) is 4.65. The molecule has 1 rings (SSSR count). The van der Waals surface area contributed by atoms with E-state index in [0.717, 1.165) is 24.2 Å². The lowest BCUT2D eigenvalue weighted by Gasteiger charge is -2.29. The minimum absolute atomic E-state index is 0.393. The Kier molecular flexibility index (Phi) is 5.31. The zero-order valence-corrected chi connectivity index (χ0v) is 11.5. The van der Waals surface area contributed by atoms with Crippen molar-refractivity contribution in [1.82, 2.24) is 0 Å². The van der Waals surface area contributed by atoms with Gasteiger partial charge in [0.1, 0.15) is 6.07 Å². The fraction of sp³-hybridized carbons (Fsp3) is 0.500. The van der Waals surface area contributed by atoms with Gasteiger partial charge in [0, 0.05) is 18.5 Å². The Morgan fingerprint density at radius 2 is 2.12 bits per heavy atom. The van der Waals surface area contributed by atoms with Gasteiger partial charge in [0.15, 0.2) is 0 Å². The molecule has 0 aliphatic carbocycles. The lowest BCUT2D eigenvalue weighted by Crippen LogP contribution is -2.32. The SMILES string of the molecule is CCCN(c1ccc(CCl)cc1C#N)C(C)C. The summed E-state index contributed by atoms with van der Waals surface area (Å²) in [5.41, 5.74) is 2.72. The van der Waals surface area contributed by atoms with Gasteiger partial charge < -0.3 is 4.90 Å². The summed E-state index contributed by atoms with van der Waals surface area (Å²) in [7, 11) is 0. The van der Waals surface area contributed by atoms with Crippen molar-refractivity contribution in [2.24, 2.45) is 0 Å². The molecule has 0 radical (unpaired) electrons. The van der Waals surface area contributed by atoms with E-state index in [1.807, 2.05) is 18.2 Å². The Hall–Kier alpha value is -1.20. The first-order chi connectivity index (χ1) is 8.13. The first-order valence-corrected chi connectivity index (χ1v) is 6.53. The summed E-state index contributed by atoms with van der Waals surface area (Å²) in [6.45, 7) is 7.40. The molecule has 0 heterocycles. The van der Waals surface area contributed by atoms with Crippen molar-refractivity contribution >= 4 is 17.3 Å². The van der Waals surface area contributed by atoms with Crippen molar-refractivity contribution in [2.45, 2.75) is 39.1 Å². The summed E-state index contributed by atoms with van der Waals surface area (Å²) in [5, 5.41) is 9.22. The van der Waals surface area contributed by atoms with Crippen molar-refractivity contribution in [3.05, 3.63) is 29.3 Å². The van der Waals surface area contributed by atoms with Gasteiger partial charge in [-0.1, -0.05) is 13.0 Å². The normalized spacial score (nSPS) is 10.4. The molecule has 0 amide bonds. The molecule has 2 nitrogen and oxygen atoms in total. The van der Waals surface area contributed by atoms with Gasteiger partial charge in [0.25, 0.3) is 0 Å². The zero-order valence-electron chi connectivity index (χ0n) is 10.7. The molecular weight excluding hydrogens is 232 g/mol. The van der Waals surface area contributed by atoms with Gasteiger partial charge in [0.05, 0.1) is 11.3 Å². The van der Waals surface area contributed by atoms with Crippen LogP contribution in [0.3, 0.4) is 0 Å². The average molecular weight is 251 g/mol. The number of rotatable bonds is 5. The molecule has 0 aliphatic heterocycles. The summed E-state index contributed by atoms with van der Waals surface area (Å²) in [5.74, 6) is 0.449. The molecule has 1 aromatic carbocycles. The molecule has 0 bridgehead atoms. The highest BCUT2D eigenvalue weighted by Gasteiger charge is 2.13. The van der Waals surface area contributed by atoms with E-state index in [9.17, 15) is 5.26 Å². The highest BCUT2D eigenvalue weighted by atomic mass is 35.5. The number of anilines is 1. The fourth-order valence-corrected chi connectivity index (χ4v) is 2.07. The quantitative estimate of drug-likeness (QED) is 0.741. The van der Waals surface area contributed by atoms with Gasteiger partial charge in [0.2, 0.25) is 0 Å². The van der Waals surface area contributed by atoms with Crippen LogP contribution in [-0.2, 0) is 5.88 Å². The third-order valence-corrected chi connectivity index (χ3v) is 3.04. The highest BCUT2D eigenvalue weighted by Crippen LogP contribution is 2.24. The maximum atomic E-state index is 9.22. The van der Waals surface area contributed by atoms with Gasteiger partial charge >= 0.3 is 0 Å². The second kappa shape index (κ2) is 6.51. The van der Waals surface area contributed by atoms with Crippen LogP contribution in [0.5, 0.6) is 0 Å². The molecular formula is C14H19ClN2. The van der Waals surface area contributed by atoms with Gasteiger partial charge in [-0.05, 0) is 38.0 Å². The van der Waals surface area contributed by atoms with Gasteiger partial charge in [-0.3, -0.25) is 0 Å². The number of nitriles is 1. The molecule has 17 heavy (non-hydrogen) atoms. The predicted molar refractivity (Wildman–Crippen MR) is 73.5 cm³/mol. The number of alkyl halides is 1. The van der Waals surface area contributed by atoms with Crippen LogP contribution >= 0.6 is 11.6 Å². The van der Waals surface area contributed by atoms with E-state index in [0.29, 0.717) is 17.5 Å². The van der Waals surface area contributed by atoms with Crippen LogP contribution in [0.25, 0.3) is 0 Å². The predicted octanol–water partition coefficient (Wildman–Crippen LogP) is 3.92. The van der Waals surface area contributed by atoms with E-state index < -0.39 is 0 Å². The second-order valence-electron chi connectivity index (χ2n) is 4.38. The number of benzene rings is 1. The van der Waals surface area contributed by atoms with Crippen LogP contribution in [0.2, 0.25) is 0 Å². The van der Waals surface area contributed by atoms with Gasteiger partial charge in [-0.25, -0.2) is 0 Å². The molecule has 3 heteroatoms. The number of hydrogen-bond acceptors (Lipinski definition) is 2. The molecule has 92 valence electrons. The standard InChI is InChI=1S/C14H19ClN2/c1-4-7-17(11(2)3)14-6-5-12(9-15)8-13(14)10-16/h5-6,8,11H,4,7,9H2,1-3H3. The molecule has 0 fully saturated rings. The van der Waals surface area contributed by atoms with Crippen LogP contribution < -0.4 is 4.90 Å². The monoisotopic (exact) mass is 250 g/mol. The van der Waals surface area contributed by atoms with Crippen molar-refractivity contribution in [3.8, 4) is 6.07 Å². The molecule has 1 aromatic rings. The number of nitrogens with zero attached hydrogens (tertiary/aromatic N) is 2. The summed E-state index contributed by atoms with van der Waals surface area (Å²) in [4.78, 5) is 2.26. The molecule has 0 atom stereocenters. The summed E-state index contributed by atoms with van der Waals surface area (Å²) in [6, 6.07) is 8.54. The smallest absolute Gasteiger partial charge is 0.101 e.